The maximum Gasteiger partial charge on any atom is 0.411 e. The molecule has 0 unspecified atom stereocenters. The molecule has 166 valence electrons. The van der Waals surface area contributed by atoms with E-state index in [1.54, 1.807) is 32.9 Å². The molecule has 0 spiro atoms. The van der Waals surface area contributed by atoms with Crippen LogP contribution in [0.2, 0.25) is 0 Å². The number of carboxylic acid groups (broad SMARTS) is 1. The molecule has 3 rings (SSSR count). The summed E-state index contributed by atoms with van der Waals surface area (Å²) in [6.07, 6.45) is 1.57. The first-order valence-corrected chi connectivity index (χ1v) is 9.97. The highest BCUT2D eigenvalue weighted by Crippen LogP contribution is 2.39. The number of amides is 1. The maximum atomic E-state index is 12.7. The van der Waals surface area contributed by atoms with E-state index in [9.17, 15) is 23.5 Å². The van der Waals surface area contributed by atoms with E-state index in [1.807, 2.05) is 0 Å². The summed E-state index contributed by atoms with van der Waals surface area (Å²) in [6, 6.07) is 3.57. The number of carbonyl (C=O) groups is 2. The number of alkyl halides is 2. The number of aliphatic carboxylic acids is 1. The number of rotatable bonds is 7. The molecular weight excluding hydrogens is 400 g/mol. The third kappa shape index (κ3) is 5.73. The van der Waals surface area contributed by atoms with Gasteiger partial charge in [-0.15, -0.1) is 0 Å². The second-order valence-electron chi connectivity index (χ2n) is 8.76. The van der Waals surface area contributed by atoms with Gasteiger partial charge in [-0.3, -0.25) is 4.90 Å². The van der Waals surface area contributed by atoms with Gasteiger partial charge in [0.1, 0.15) is 11.6 Å². The van der Waals surface area contributed by atoms with Crippen LogP contribution in [0.15, 0.2) is 18.2 Å². The van der Waals surface area contributed by atoms with Crippen molar-refractivity contribution in [1.29, 1.82) is 0 Å². The van der Waals surface area contributed by atoms with Crippen molar-refractivity contribution in [1.82, 2.24) is 4.90 Å². The van der Waals surface area contributed by atoms with Gasteiger partial charge in [-0.2, -0.15) is 8.78 Å². The van der Waals surface area contributed by atoms with Crippen molar-refractivity contribution >= 4 is 12.1 Å². The van der Waals surface area contributed by atoms with Crippen molar-refractivity contribution in [3.63, 3.8) is 0 Å². The molecule has 9 heteroatoms. The number of likely N-dealkylation sites (tertiary alicyclic amines) is 1. The van der Waals surface area contributed by atoms with Gasteiger partial charge >= 0.3 is 18.7 Å². The molecule has 30 heavy (non-hydrogen) atoms. The molecule has 1 heterocycles. The second kappa shape index (κ2) is 8.65. The van der Waals surface area contributed by atoms with Crippen LogP contribution in [-0.2, 0) is 9.53 Å². The lowest BCUT2D eigenvalue weighted by Gasteiger charge is -2.26. The van der Waals surface area contributed by atoms with Gasteiger partial charge in [0.2, 0.25) is 0 Å². The van der Waals surface area contributed by atoms with Gasteiger partial charge in [-0.25, -0.2) is 9.59 Å². The Kier molecular flexibility index (Phi) is 6.38. The smallest absolute Gasteiger partial charge is 0.411 e. The van der Waals surface area contributed by atoms with Gasteiger partial charge in [-0.05, 0) is 63.6 Å². The third-order valence-corrected chi connectivity index (χ3v) is 5.04. The molecule has 7 nitrogen and oxygen atoms in total. The molecule has 1 saturated heterocycles. The molecule has 1 saturated carbocycles. The Morgan fingerprint density at radius 2 is 1.93 bits per heavy atom. The van der Waals surface area contributed by atoms with E-state index < -0.39 is 30.3 Å². The third-order valence-electron chi connectivity index (χ3n) is 5.04. The first-order chi connectivity index (χ1) is 14.0. The van der Waals surface area contributed by atoms with Crippen molar-refractivity contribution in [2.45, 2.75) is 64.2 Å². The Morgan fingerprint density at radius 3 is 2.50 bits per heavy atom. The van der Waals surface area contributed by atoms with E-state index in [-0.39, 0.29) is 30.4 Å². The quantitative estimate of drug-likeness (QED) is 0.700. The van der Waals surface area contributed by atoms with E-state index in [0.29, 0.717) is 18.1 Å². The molecule has 1 aromatic carbocycles. The van der Waals surface area contributed by atoms with Crippen LogP contribution in [0.1, 0.15) is 51.5 Å². The maximum absolute atomic E-state index is 12.7. The monoisotopic (exact) mass is 427 g/mol. The summed E-state index contributed by atoms with van der Waals surface area (Å²) in [5.74, 6) is -0.874. The van der Waals surface area contributed by atoms with Crippen LogP contribution >= 0.6 is 0 Å². The molecule has 1 aliphatic carbocycles. The minimum absolute atomic E-state index is 0.0637. The first kappa shape index (κ1) is 22.1. The van der Waals surface area contributed by atoms with Gasteiger partial charge in [0, 0.05) is 12.5 Å². The molecule has 0 aromatic heterocycles. The van der Waals surface area contributed by atoms with Gasteiger partial charge in [0.25, 0.3) is 0 Å². The Balaban J connectivity index is 1.80. The molecular formula is C21H27F2NO6. The van der Waals surface area contributed by atoms with Gasteiger partial charge in [0.05, 0.1) is 6.61 Å². The minimum atomic E-state index is -2.98. The van der Waals surface area contributed by atoms with Gasteiger partial charge < -0.3 is 19.3 Å². The molecule has 2 atom stereocenters. The fourth-order valence-corrected chi connectivity index (χ4v) is 3.41. The highest BCUT2D eigenvalue weighted by molar-refractivity contribution is 5.81. The van der Waals surface area contributed by atoms with Crippen molar-refractivity contribution in [3.8, 4) is 11.5 Å². The van der Waals surface area contributed by atoms with Crippen LogP contribution < -0.4 is 9.47 Å². The zero-order valence-electron chi connectivity index (χ0n) is 17.3. The lowest BCUT2D eigenvalue weighted by atomic mass is 9.96. The van der Waals surface area contributed by atoms with Crippen LogP contribution in [0.5, 0.6) is 11.5 Å². The largest absolute Gasteiger partial charge is 0.489 e. The average molecular weight is 427 g/mol. The molecule has 0 bridgehead atoms. The summed E-state index contributed by atoms with van der Waals surface area (Å²) in [5.41, 5.74) is -0.0595. The number of hydrogen-bond acceptors (Lipinski definition) is 5. The summed E-state index contributed by atoms with van der Waals surface area (Å²) in [4.78, 5) is 25.4. The fourth-order valence-electron chi connectivity index (χ4n) is 3.41. The molecule has 1 N–H and O–H groups in total. The van der Waals surface area contributed by atoms with Crippen LogP contribution in [0, 0.1) is 5.92 Å². The minimum Gasteiger partial charge on any atom is -0.489 e. The number of carboxylic acids is 1. The number of benzene rings is 1. The Hall–Kier alpha value is -2.58. The molecule has 1 amide bonds. The summed E-state index contributed by atoms with van der Waals surface area (Å²) in [5, 5.41) is 9.57. The SMILES string of the molecule is CC(C)(C)OC(=O)N1C[C@H](c2ccc(OC(F)F)c(OCC3CC3)c2)C[C@@H]1C(=O)O. The number of nitrogens with zero attached hydrogens (tertiary/aromatic N) is 1. The number of hydrogen-bond donors (Lipinski definition) is 1. The average Bonchev–Trinajstić information content (AvgIpc) is 3.34. The number of carbonyl (C=O) groups excluding carboxylic acids is 1. The fraction of sp³-hybridized carbons (Fsp3) is 0.619. The predicted molar refractivity (Wildman–Crippen MR) is 103 cm³/mol. The first-order valence-electron chi connectivity index (χ1n) is 9.97. The van der Waals surface area contributed by atoms with E-state index in [2.05, 4.69) is 4.74 Å². The lowest BCUT2D eigenvalue weighted by molar-refractivity contribution is -0.142. The number of halogens is 2. The van der Waals surface area contributed by atoms with Crippen LogP contribution in [0.3, 0.4) is 0 Å². The Labute approximate surface area is 173 Å². The zero-order chi connectivity index (χ0) is 22.1. The van der Waals surface area contributed by atoms with Gasteiger partial charge in [0.15, 0.2) is 11.5 Å². The predicted octanol–water partition coefficient (Wildman–Crippen LogP) is 4.25. The highest BCUT2D eigenvalue weighted by atomic mass is 19.3. The topological polar surface area (TPSA) is 85.3 Å². The number of ether oxygens (including phenoxy) is 3. The normalized spacial score (nSPS) is 21.6. The van der Waals surface area contributed by atoms with Crippen LogP contribution in [0.4, 0.5) is 13.6 Å². The van der Waals surface area contributed by atoms with E-state index in [0.717, 1.165) is 12.8 Å². The van der Waals surface area contributed by atoms with Crippen LogP contribution in [-0.4, -0.2) is 53.5 Å². The molecule has 2 fully saturated rings. The Bertz CT molecular complexity index is 790. The van der Waals surface area contributed by atoms with Crippen LogP contribution in [0.25, 0.3) is 0 Å². The summed E-state index contributed by atoms with van der Waals surface area (Å²) in [7, 11) is 0. The zero-order valence-corrected chi connectivity index (χ0v) is 17.3. The van der Waals surface area contributed by atoms with Crippen molar-refractivity contribution in [2.24, 2.45) is 5.92 Å². The standard InChI is InChI=1S/C21H27F2NO6/c1-21(2,3)30-20(27)24-10-14(8-15(24)18(25)26)13-6-7-16(29-19(22)23)17(9-13)28-11-12-4-5-12/h6-7,9,12,14-15,19H,4-5,8,10-11H2,1-3H3,(H,25,26)/t14-,15-/m1/s1. The molecule has 2 aliphatic rings. The van der Waals surface area contributed by atoms with Crippen molar-refractivity contribution in [3.05, 3.63) is 23.8 Å². The molecule has 1 aromatic rings. The van der Waals surface area contributed by atoms with Crippen molar-refractivity contribution < 1.29 is 37.7 Å². The van der Waals surface area contributed by atoms with Gasteiger partial charge in [-0.1, -0.05) is 6.07 Å². The van der Waals surface area contributed by atoms with E-state index >= 15 is 0 Å². The highest BCUT2D eigenvalue weighted by Gasteiger charge is 2.42. The molecule has 1 aliphatic heterocycles. The van der Waals surface area contributed by atoms with E-state index in [4.69, 9.17) is 9.47 Å². The Morgan fingerprint density at radius 1 is 1.23 bits per heavy atom. The van der Waals surface area contributed by atoms with E-state index in [1.165, 1.54) is 11.0 Å². The second-order valence-corrected chi connectivity index (χ2v) is 8.76. The summed E-state index contributed by atoms with van der Waals surface area (Å²) in [6.45, 7) is 2.70. The summed E-state index contributed by atoms with van der Waals surface area (Å²) < 4.78 is 41.0. The summed E-state index contributed by atoms with van der Waals surface area (Å²) >= 11 is 0. The molecule has 0 radical (unpaired) electrons. The van der Waals surface area contributed by atoms with Crippen molar-refractivity contribution in [2.75, 3.05) is 13.2 Å². The lowest BCUT2D eigenvalue weighted by Crippen LogP contribution is -2.43.